The fraction of sp³-hybridized carbons (Fsp3) is 0.947. The average molecular weight is 1340 g/mol. The van der Waals surface area contributed by atoms with Crippen LogP contribution in [0.4, 0.5) is 0 Å². The Kier molecular flexibility index (Phi) is 25.5. The highest BCUT2D eigenvalue weighted by Crippen LogP contribution is 2.78. The third-order valence-electron chi connectivity index (χ3n) is 29.2. The van der Waals surface area contributed by atoms with Gasteiger partial charge in [-0.15, -0.1) is 0 Å². The van der Waals surface area contributed by atoms with Gasteiger partial charge in [-0.1, -0.05) is 92.5 Å². The van der Waals surface area contributed by atoms with E-state index >= 15 is 0 Å². The van der Waals surface area contributed by atoms with Crippen molar-refractivity contribution >= 4 is 0 Å². The second-order valence-electron chi connectivity index (χ2n) is 35.2. The predicted octanol–water partition coefficient (Wildman–Crippen LogP) is 8.65. The van der Waals surface area contributed by atoms with Crippen molar-refractivity contribution in [3.05, 3.63) is 23.3 Å². The van der Waals surface area contributed by atoms with E-state index in [-0.39, 0.29) is 92.4 Å². The molecule has 0 amide bonds. The van der Waals surface area contributed by atoms with E-state index in [0.717, 1.165) is 103 Å². The van der Waals surface area contributed by atoms with Gasteiger partial charge < -0.3 is 90.4 Å². The van der Waals surface area contributed by atoms with Gasteiger partial charge in [-0.05, 0) is 262 Å². The number of aliphatic hydroxyl groups excluding tert-OH is 14. The van der Waals surface area contributed by atoms with E-state index in [9.17, 15) is 61.3 Å². The second-order valence-corrected chi connectivity index (χ2v) is 35.2. The van der Waals surface area contributed by atoms with Gasteiger partial charge in [-0.2, -0.15) is 0 Å². The first-order chi connectivity index (χ1) is 43.6. The van der Waals surface area contributed by atoms with Crippen LogP contribution in [0.2, 0.25) is 0 Å². The van der Waals surface area contributed by atoms with E-state index in [4.69, 9.17) is 29.2 Å². The molecule has 0 unspecified atom stereocenters. The normalized spacial score (nSPS) is 48.6. The molecule has 0 aromatic rings. The Morgan fingerprint density at radius 2 is 0.734 bits per heavy atom. The molecule has 0 spiro atoms. The molecule has 2 aliphatic heterocycles. The quantitative estimate of drug-likeness (QED) is 0.0723. The molecule has 0 aromatic carbocycles. The maximum atomic E-state index is 12.2. The van der Waals surface area contributed by atoms with Crippen molar-refractivity contribution in [2.75, 3.05) is 26.4 Å². The van der Waals surface area contributed by atoms with Crippen LogP contribution in [0.15, 0.2) is 23.3 Å². The van der Waals surface area contributed by atoms with Gasteiger partial charge in [0.15, 0.2) is 12.6 Å². The maximum Gasteiger partial charge on any atom is 0.187 e. The highest BCUT2D eigenvalue weighted by atomic mass is 16.7. The molecular weight excluding hydrogens is 1200 g/mol. The zero-order chi connectivity index (χ0) is 70.7. The number of aliphatic hydroxyl groups is 14. The first kappa shape index (κ1) is 80.1. The van der Waals surface area contributed by atoms with E-state index < -0.39 is 98.0 Å². The van der Waals surface area contributed by atoms with Crippen molar-refractivity contribution in [2.24, 2.45) is 90.7 Å². The third kappa shape index (κ3) is 14.0. The van der Waals surface area contributed by atoms with Crippen molar-refractivity contribution in [3.63, 3.8) is 0 Å². The minimum Gasteiger partial charge on any atom is -0.397 e. The number of hydrogen-bond donors (Lipinski definition) is 14. The van der Waals surface area contributed by atoms with Crippen LogP contribution in [0, 0.1) is 90.7 Å². The highest BCUT2D eigenvalue weighted by Gasteiger charge is 2.74. The van der Waals surface area contributed by atoms with Gasteiger partial charge >= 0.3 is 0 Å². The fourth-order valence-electron chi connectivity index (χ4n) is 23.7. The summed E-state index contributed by atoms with van der Waals surface area (Å²) in [4.78, 5) is 0. The van der Waals surface area contributed by atoms with Gasteiger partial charge in [0.25, 0.3) is 0 Å². The van der Waals surface area contributed by atoms with Crippen LogP contribution >= 0.6 is 0 Å². The summed E-state index contributed by atoms with van der Waals surface area (Å²) >= 11 is 0. The fourth-order valence-corrected chi connectivity index (χ4v) is 23.7. The molecule has 548 valence electrons. The van der Waals surface area contributed by atoms with Crippen molar-refractivity contribution in [3.8, 4) is 0 Å². The highest BCUT2D eigenvalue weighted by molar-refractivity contribution is 5.23. The smallest absolute Gasteiger partial charge is 0.187 e. The van der Waals surface area contributed by atoms with E-state index in [1.54, 1.807) is 13.8 Å². The lowest BCUT2D eigenvalue weighted by atomic mass is 9.35. The maximum absolute atomic E-state index is 12.2. The lowest BCUT2D eigenvalue weighted by Gasteiger charge is -2.70. The van der Waals surface area contributed by atoms with Crippen molar-refractivity contribution in [2.45, 2.75) is 337 Å². The van der Waals surface area contributed by atoms with Crippen LogP contribution in [0.25, 0.3) is 0 Å². The Balaban J connectivity index is 0.000000245. The van der Waals surface area contributed by atoms with Gasteiger partial charge in [0.1, 0.15) is 48.8 Å². The van der Waals surface area contributed by atoms with Gasteiger partial charge in [-0.3, -0.25) is 0 Å². The van der Waals surface area contributed by atoms with Crippen molar-refractivity contribution < 1.29 is 90.4 Å². The molecule has 14 N–H and O–H groups in total. The van der Waals surface area contributed by atoms with Crippen LogP contribution in [-0.2, 0) is 18.9 Å². The summed E-state index contributed by atoms with van der Waals surface area (Å²) in [6.07, 6.45) is 5.21. The zero-order valence-corrected chi connectivity index (χ0v) is 61.3. The number of rotatable bonds is 14. The number of allylic oxidation sites excluding steroid dienone is 4. The van der Waals surface area contributed by atoms with Gasteiger partial charge in [0, 0.05) is 13.2 Å². The van der Waals surface area contributed by atoms with E-state index in [1.165, 1.54) is 11.1 Å². The Hall–Kier alpha value is -1.24. The summed E-state index contributed by atoms with van der Waals surface area (Å²) in [6.45, 7) is 38.9. The molecule has 2 heterocycles. The van der Waals surface area contributed by atoms with E-state index in [0.29, 0.717) is 36.5 Å². The predicted molar refractivity (Wildman–Crippen MR) is 362 cm³/mol. The summed E-state index contributed by atoms with van der Waals surface area (Å²) in [6, 6.07) is 0. The molecule has 10 fully saturated rings. The molecule has 8 aliphatic carbocycles. The van der Waals surface area contributed by atoms with Crippen LogP contribution in [0.1, 0.15) is 240 Å². The van der Waals surface area contributed by atoms with Crippen LogP contribution in [-0.4, -0.2) is 195 Å². The molecule has 10 rings (SSSR count). The summed E-state index contributed by atoms with van der Waals surface area (Å²) in [5, 5.41) is 145. The zero-order valence-electron chi connectivity index (χ0n) is 61.3. The molecule has 18 heteroatoms. The first-order valence-electron chi connectivity index (χ1n) is 36.7. The molecule has 0 aromatic heterocycles. The topological polar surface area (TPSA) is 320 Å². The Morgan fingerprint density at radius 1 is 0.426 bits per heavy atom. The molecule has 18 nitrogen and oxygen atoms in total. The Labute approximate surface area is 565 Å². The average Bonchev–Trinajstić information content (AvgIpc) is 1.28. The molecule has 8 saturated carbocycles. The lowest BCUT2D eigenvalue weighted by Crippen LogP contribution is -2.67. The van der Waals surface area contributed by atoms with Gasteiger partial charge in [0.2, 0.25) is 0 Å². The van der Waals surface area contributed by atoms with Crippen LogP contribution in [0.3, 0.4) is 0 Å². The largest absolute Gasteiger partial charge is 0.397 e. The second kappa shape index (κ2) is 30.0. The molecular formula is C76H136O18. The number of ether oxygens (including phenoxy) is 4. The van der Waals surface area contributed by atoms with Gasteiger partial charge in [0.05, 0.1) is 48.8 Å². The Bertz CT molecular complexity index is 2350. The van der Waals surface area contributed by atoms with Crippen molar-refractivity contribution in [1.29, 1.82) is 0 Å². The van der Waals surface area contributed by atoms with Crippen molar-refractivity contribution in [1.82, 2.24) is 0 Å². The molecule has 0 radical (unpaired) electrons. The molecule has 30 atom stereocenters. The minimum absolute atomic E-state index is 0.0131. The van der Waals surface area contributed by atoms with E-state index in [1.807, 2.05) is 0 Å². The molecule has 10 aliphatic rings. The Morgan fingerprint density at radius 3 is 1.03 bits per heavy atom. The number of hydrogen-bond acceptors (Lipinski definition) is 18. The monoisotopic (exact) mass is 1340 g/mol. The SMILES string of the molecule is CC(C)=CCC[C@](C)(O[C@@H]1O[C@H](CO)[C@@H](O)[C@H](O)[C@H]1O)[C@H]1CC[C@]2(C)[C@@H]1[C@H](O)C[C@@H]1[C@@]3(C)CC[C@H](O)C(C)(C)[C@@H]3CC[C@]12C.CC(C)=CCC[C@](C)(O[C@@H]1O[C@H](CO)[C@@H](O)[C@H](O)[C@H]1O)[C@H]1CC[C@]2(C)[C@@H]1[C@H](O)C[C@@H]1[C@@]3(C)CC[C@H](O)C(C)(C)[C@@H]3CC[C@]12C.CCO.CCO. The molecule has 2 saturated heterocycles. The summed E-state index contributed by atoms with van der Waals surface area (Å²) in [5.74, 6) is 1.43. The van der Waals surface area contributed by atoms with E-state index in [2.05, 4.69) is 123 Å². The lowest BCUT2D eigenvalue weighted by molar-refractivity contribution is -0.336. The summed E-state index contributed by atoms with van der Waals surface area (Å²) in [7, 11) is 0. The summed E-state index contributed by atoms with van der Waals surface area (Å²) in [5.41, 5.74) is 0.341. The first-order valence-corrected chi connectivity index (χ1v) is 36.7. The summed E-state index contributed by atoms with van der Waals surface area (Å²) < 4.78 is 25.2. The number of fused-ring (bicyclic) bond motifs is 10. The molecule has 94 heavy (non-hydrogen) atoms. The van der Waals surface area contributed by atoms with Gasteiger partial charge in [-0.25, -0.2) is 0 Å². The minimum atomic E-state index is -1.50. The van der Waals surface area contributed by atoms with Crippen LogP contribution in [0.5, 0.6) is 0 Å². The molecule has 0 bridgehead atoms. The van der Waals surface area contributed by atoms with Crippen LogP contribution < -0.4 is 0 Å². The third-order valence-corrected chi connectivity index (χ3v) is 29.2. The standard InChI is InChI=1S/2C36H62O8.2C2H6O/c2*1-20(2)10-9-14-36(8,44-31-30(42)29(41)28(40)23(19-37)43-31)21-11-16-35(7)27(21)22(38)18-25-33(5)15-13-26(39)32(3,4)24(33)12-17-34(25,35)6;2*1-2-3/h2*10,21-31,37-42H,9,11-19H2,1-8H3;2*3H,2H2,1H3/t2*21-,22+,23+,24-,25+,26-,27-,28+,29-,30+,31-,33-,34+,35+,36-;;/m00../s1.